The molecule has 9 nitrogen and oxygen atoms in total. The van der Waals surface area contributed by atoms with Crippen LogP contribution in [0.25, 0.3) is 10.9 Å². The van der Waals surface area contributed by atoms with Gasteiger partial charge >= 0.3 is 6.03 Å². The SMILES string of the molecule is CC(C)CN1C(=O)N(C)C(=O)C2NC(CCCCCO)C(COc3ccc4ncccc4c3)NC21. The summed E-state index contributed by atoms with van der Waals surface area (Å²) in [5, 5.41) is 17.3. The smallest absolute Gasteiger partial charge is 0.327 e. The van der Waals surface area contributed by atoms with E-state index in [1.54, 1.807) is 18.1 Å². The molecule has 4 rings (SSSR count). The number of likely N-dealkylation sites (N-methyl/N-ethyl adjacent to an activating group) is 1. The van der Waals surface area contributed by atoms with E-state index in [9.17, 15) is 9.59 Å². The molecule has 0 aliphatic carbocycles. The van der Waals surface area contributed by atoms with E-state index in [0.717, 1.165) is 42.3 Å². The Bertz CT molecular complexity index is 1030. The highest BCUT2D eigenvalue weighted by Gasteiger charge is 2.50. The minimum Gasteiger partial charge on any atom is -0.492 e. The maximum Gasteiger partial charge on any atom is 0.327 e. The number of amides is 3. The molecule has 1 aromatic heterocycles. The van der Waals surface area contributed by atoms with Crippen molar-refractivity contribution in [3.8, 4) is 5.75 Å². The van der Waals surface area contributed by atoms with E-state index in [-0.39, 0.29) is 36.5 Å². The molecule has 9 heteroatoms. The Labute approximate surface area is 206 Å². The molecule has 190 valence electrons. The van der Waals surface area contributed by atoms with Crippen LogP contribution in [0.3, 0.4) is 0 Å². The van der Waals surface area contributed by atoms with Crippen LogP contribution in [-0.2, 0) is 4.79 Å². The highest BCUT2D eigenvalue weighted by Crippen LogP contribution is 2.25. The van der Waals surface area contributed by atoms with Crippen molar-refractivity contribution in [3.63, 3.8) is 0 Å². The molecule has 3 amide bonds. The first kappa shape index (κ1) is 25.3. The van der Waals surface area contributed by atoms with Gasteiger partial charge < -0.3 is 14.7 Å². The summed E-state index contributed by atoms with van der Waals surface area (Å²) in [5.74, 6) is 0.803. The lowest BCUT2D eigenvalue weighted by Crippen LogP contribution is -2.79. The fraction of sp³-hybridized carbons (Fsp3) is 0.577. The van der Waals surface area contributed by atoms with Gasteiger partial charge in [0.2, 0.25) is 0 Å². The van der Waals surface area contributed by atoms with E-state index in [1.807, 2.05) is 30.3 Å². The van der Waals surface area contributed by atoms with Crippen LogP contribution in [0, 0.1) is 5.92 Å². The average molecular weight is 484 g/mol. The van der Waals surface area contributed by atoms with Gasteiger partial charge in [0, 0.05) is 37.8 Å². The Morgan fingerprint density at radius 3 is 2.71 bits per heavy atom. The summed E-state index contributed by atoms with van der Waals surface area (Å²) in [6.45, 7) is 5.25. The zero-order valence-electron chi connectivity index (χ0n) is 20.8. The van der Waals surface area contributed by atoms with Crippen LogP contribution in [0.4, 0.5) is 4.79 Å². The summed E-state index contributed by atoms with van der Waals surface area (Å²) in [7, 11) is 1.55. The minimum absolute atomic E-state index is 0.0106. The molecule has 2 fully saturated rings. The Morgan fingerprint density at radius 2 is 1.94 bits per heavy atom. The first-order valence-corrected chi connectivity index (χ1v) is 12.6. The Kier molecular flexibility index (Phi) is 8.20. The Morgan fingerprint density at radius 1 is 1.11 bits per heavy atom. The first-order chi connectivity index (χ1) is 16.9. The number of rotatable bonds is 10. The maximum absolute atomic E-state index is 13.0. The number of nitrogens with zero attached hydrogens (tertiary/aromatic N) is 3. The summed E-state index contributed by atoms with van der Waals surface area (Å²) >= 11 is 0. The molecule has 0 spiro atoms. The second-order valence-electron chi connectivity index (χ2n) is 9.94. The van der Waals surface area contributed by atoms with Gasteiger partial charge in [-0.3, -0.25) is 25.3 Å². The molecule has 2 aromatic rings. The summed E-state index contributed by atoms with van der Waals surface area (Å²) in [5.41, 5.74) is 0.912. The number of aliphatic hydroxyl groups excluding tert-OH is 1. The highest BCUT2D eigenvalue weighted by atomic mass is 16.5. The molecule has 3 N–H and O–H groups in total. The standard InChI is InChI=1S/C26H37N5O4/c1-17(2)15-31-24-23(25(33)30(3)26(31)34)28-21(9-5-4-6-13-32)22(29-24)16-35-19-10-11-20-18(14-19)8-7-12-27-20/h7-8,10-12,14,17,21-24,28-29,32H,4-6,9,13,15-16H2,1-3H3. The maximum atomic E-state index is 13.0. The van der Waals surface area contributed by atoms with E-state index in [0.29, 0.717) is 13.2 Å². The van der Waals surface area contributed by atoms with Crippen molar-refractivity contribution in [2.24, 2.45) is 5.92 Å². The lowest BCUT2D eigenvalue weighted by Gasteiger charge is -2.51. The lowest BCUT2D eigenvalue weighted by atomic mass is 9.93. The van der Waals surface area contributed by atoms with E-state index in [2.05, 4.69) is 29.5 Å². The topological polar surface area (TPSA) is 107 Å². The van der Waals surface area contributed by atoms with Crippen LogP contribution < -0.4 is 15.4 Å². The van der Waals surface area contributed by atoms with Gasteiger partial charge in [-0.05, 0) is 43.0 Å². The number of aromatic nitrogens is 1. The number of urea groups is 1. The molecule has 1 aromatic carbocycles. The van der Waals surface area contributed by atoms with Crippen LogP contribution in [0.15, 0.2) is 36.5 Å². The monoisotopic (exact) mass is 483 g/mol. The third kappa shape index (κ3) is 5.74. The van der Waals surface area contributed by atoms with Crippen LogP contribution in [0.5, 0.6) is 5.75 Å². The number of unbranched alkanes of at least 4 members (excludes halogenated alkanes) is 2. The number of imide groups is 1. The molecular formula is C26H37N5O4. The molecule has 2 aliphatic heterocycles. The molecule has 3 heterocycles. The van der Waals surface area contributed by atoms with Gasteiger partial charge in [-0.2, -0.15) is 0 Å². The van der Waals surface area contributed by atoms with Gasteiger partial charge in [0.05, 0.1) is 11.6 Å². The second kappa shape index (κ2) is 11.3. The summed E-state index contributed by atoms with van der Waals surface area (Å²) in [4.78, 5) is 33.4. The van der Waals surface area contributed by atoms with Crippen LogP contribution in [-0.4, -0.2) is 82.9 Å². The van der Waals surface area contributed by atoms with E-state index in [4.69, 9.17) is 9.84 Å². The number of fused-ring (bicyclic) bond motifs is 2. The number of hydrogen-bond donors (Lipinski definition) is 3. The van der Waals surface area contributed by atoms with Crippen LogP contribution in [0.1, 0.15) is 39.5 Å². The van der Waals surface area contributed by atoms with Gasteiger partial charge in [-0.1, -0.05) is 32.8 Å². The number of nitrogens with one attached hydrogen (secondary N) is 2. The van der Waals surface area contributed by atoms with Crippen molar-refractivity contribution >= 4 is 22.8 Å². The summed E-state index contributed by atoms with van der Waals surface area (Å²) < 4.78 is 6.21. The number of ether oxygens (including phenoxy) is 1. The Balaban J connectivity index is 1.52. The van der Waals surface area contributed by atoms with Gasteiger partial charge in [0.25, 0.3) is 5.91 Å². The third-order valence-corrected chi connectivity index (χ3v) is 6.78. The summed E-state index contributed by atoms with van der Waals surface area (Å²) in [6.07, 6.45) is 4.77. The zero-order chi connectivity index (χ0) is 24.9. The van der Waals surface area contributed by atoms with Crippen molar-refractivity contribution in [1.82, 2.24) is 25.4 Å². The fourth-order valence-corrected chi connectivity index (χ4v) is 4.98. The number of benzene rings is 1. The zero-order valence-corrected chi connectivity index (χ0v) is 20.8. The van der Waals surface area contributed by atoms with Crippen molar-refractivity contribution in [1.29, 1.82) is 0 Å². The summed E-state index contributed by atoms with van der Waals surface area (Å²) in [6, 6.07) is 8.84. The number of carbonyl (C=O) groups is 2. The molecule has 0 bridgehead atoms. The normalized spacial score (nSPS) is 24.8. The van der Waals surface area contributed by atoms with Crippen LogP contribution >= 0.6 is 0 Å². The molecule has 35 heavy (non-hydrogen) atoms. The molecule has 4 unspecified atom stereocenters. The number of hydrogen-bond acceptors (Lipinski definition) is 7. The predicted octanol–water partition coefficient (Wildman–Crippen LogP) is 2.34. The molecule has 0 radical (unpaired) electrons. The second-order valence-corrected chi connectivity index (χ2v) is 9.94. The predicted molar refractivity (Wildman–Crippen MR) is 134 cm³/mol. The van der Waals surface area contributed by atoms with E-state index >= 15 is 0 Å². The lowest BCUT2D eigenvalue weighted by molar-refractivity contribution is -0.138. The van der Waals surface area contributed by atoms with Crippen molar-refractivity contribution in [3.05, 3.63) is 36.5 Å². The number of aliphatic hydroxyl groups is 1. The van der Waals surface area contributed by atoms with Gasteiger partial charge in [0.15, 0.2) is 0 Å². The van der Waals surface area contributed by atoms with E-state index < -0.39 is 12.2 Å². The number of pyridine rings is 1. The molecule has 2 aliphatic rings. The molecule has 2 saturated heterocycles. The number of piperazine rings is 1. The minimum atomic E-state index is -0.512. The molecule has 4 atom stereocenters. The first-order valence-electron chi connectivity index (χ1n) is 12.6. The van der Waals surface area contributed by atoms with Gasteiger partial charge in [-0.25, -0.2) is 4.79 Å². The van der Waals surface area contributed by atoms with Crippen molar-refractivity contribution in [2.45, 2.75) is 63.8 Å². The van der Waals surface area contributed by atoms with Gasteiger partial charge in [-0.15, -0.1) is 0 Å². The fourth-order valence-electron chi connectivity index (χ4n) is 4.98. The van der Waals surface area contributed by atoms with E-state index in [1.165, 1.54) is 4.90 Å². The third-order valence-electron chi connectivity index (χ3n) is 6.78. The van der Waals surface area contributed by atoms with Gasteiger partial charge in [0.1, 0.15) is 24.6 Å². The van der Waals surface area contributed by atoms with Crippen LogP contribution in [0.2, 0.25) is 0 Å². The molecule has 0 saturated carbocycles. The highest BCUT2D eigenvalue weighted by molar-refractivity contribution is 6.00. The van der Waals surface area contributed by atoms with Crippen molar-refractivity contribution in [2.75, 3.05) is 26.8 Å². The quantitative estimate of drug-likeness (QED) is 0.445. The average Bonchev–Trinajstić information content (AvgIpc) is 2.86. The number of carbonyl (C=O) groups excluding carboxylic acids is 2. The largest absolute Gasteiger partial charge is 0.492 e. The Hall–Kier alpha value is -2.75. The molecular weight excluding hydrogens is 446 g/mol. The van der Waals surface area contributed by atoms with Crippen molar-refractivity contribution < 1.29 is 19.4 Å².